The zero-order valence-corrected chi connectivity index (χ0v) is 57.1. The number of nitrogens with zero attached hydrogens (tertiary/aromatic N) is 7. The highest BCUT2D eigenvalue weighted by atomic mass is 35.7. The van der Waals surface area contributed by atoms with E-state index in [0.29, 0.717) is 44.4 Å². The molecular formula is C70H89ClN8O12P2. The number of esters is 2. The first kappa shape index (κ1) is 80.6. The van der Waals surface area contributed by atoms with Crippen molar-refractivity contribution in [3.8, 4) is 11.8 Å². The summed E-state index contributed by atoms with van der Waals surface area (Å²) in [6, 6.07) is 54.9. The van der Waals surface area contributed by atoms with E-state index in [1.807, 2.05) is 210 Å². The number of aromatic nitrogens is 2. The number of carbonyl (C=O) groups excluding carboxylic acids is 3. The average molecular weight is 1330 g/mol. The average Bonchev–Trinajstić information content (AvgIpc) is 1.65. The topological polar surface area (TPSA) is 253 Å². The molecular weight excluding hydrogens is 1240 g/mol. The molecule has 10 rings (SSSR count). The molecule has 0 spiro atoms. The van der Waals surface area contributed by atoms with Crippen LogP contribution in [0.2, 0.25) is 0 Å². The zero-order chi connectivity index (χ0) is 67.7. The van der Waals surface area contributed by atoms with Crippen LogP contribution in [-0.2, 0) is 57.4 Å². The molecule has 23 heteroatoms. The number of nitrogens with one attached hydrogen (secondary N) is 1. The number of phosphoric ester groups is 1. The van der Waals surface area contributed by atoms with Gasteiger partial charge >= 0.3 is 26.7 Å². The van der Waals surface area contributed by atoms with E-state index in [1.54, 1.807) is 53.9 Å². The fourth-order valence-corrected chi connectivity index (χ4v) is 10.8. The van der Waals surface area contributed by atoms with Crippen LogP contribution in [0.3, 0.4) is 0 Å². The summed E-state index contributed by atoms with van der Waals surface area (Å²) in [7, 11) is -3.71. The minimum Gasteiger partial charge on any atom is -0.465 e. The maximum absolute atomic E-state index is 12.7. The molecule has 0 atom stereocenters. The molecule has 20 nitrogen and oxygen atoms in total. The summed E-state index contributed by atoms with van der Waals surface area (Å²) < 4.78 is 59.9. The van der Waals surface area contributed by atoms with Crippen molar-refractivity contribution in [2.75, 3.05) is 58.0 Å². The van der Waals surface area contributed by atoms with E-state index in [4.69, 9.17) is 39.8 Å². The van der Waals surface area contributed by atoms with Gasteiger partial charge in [0.1, 0.15) is 25.8 Å². The third kappa shape index (κ3) is 25.8. The molecule has 4 heterocycles. The Morgan fingerprint density at radius 2 is 1.00 bits per heavy atom. The molecule has 0 unspecified atom stereocenters. The Labute approximate surface area is 554 Å². The van der Waals surface area contributed by atoms with Gasteiger partial charge in [0.05, 0.1) is 92.1 Å². The van der Waals surface area contributed by atoms with Gasteiger partial charge in [0, 0.05) is 44.6 Å². The zero-order valence-electron chi connectivity index (χ0n) is 54.5. The molecule has 0 saturated carbocycles. The van der Waals surface area contributed by atoms with Crippen molar-refractivity contribution in [1.82, 2.24) is 9.55 Å². The van der Waals surface area contributed by atoms with Crippen molar-refractivity contribution in [2.24, 2.45) is 20.0 Å². The number of hydrogen-bond acceptors (Lipinski definition) is 18. The molecule has 7 aromatic rings. The monoisotopic (exact) mass is 1330 g/mol. The number of para-hydroxylation sites is 3. The number of aliphatic imine (C=N–C) groups is 4. The lowest BCUT2D eigenvalue weighted by Crippen LogP contribution is -2.13. The number of benzene rings is 6. The van der Waals surface area contributed by atoms with E-state index >= 15 is 0 Å². The summed E-state index contributed by atoms with van der Waals surface area (Å²) in [6.45, 7) is 21.5. The van der Waals surface area contributed by atoms with Crippen molar-refractivity contribution >= 4 is 78.3 Å². The molecule has 0 saturated heterocycles. The van der Waals surface area contributed by atoms with Gasteiger partial charge in [-0.25, -0.2) is 23.9 Å². The van der Waals surface area contributed by atoms with Gasteiger partial charge in [-0.1, -0.05) is 195 Å². The molecule has 0 radical (unpaired) electrons. The number of carbonyl (C=O) groups is 3. The Kier molecular flexibility index (Phi) is 38.9. The first-order chi connectivity index (χ1) is 44.7. The Hall–Kier alpha value is -8.50. The van der Waals surface area contributed by atoms with Crippen LogP contribution in [0.5, 0.6) is 0 Å². The van der Waals surface area contributed by atoms with E-state index in [9.17, 15) is 23.5 Å². The maximum atomic E-state index is 12.7. The van der Waals surface area contributed by atoms with Crippen molar-refractivity contribution in [2.45, 2.75) is 103 Å². The molecule has 498 valence electrons. The molecule has 1 N–H and O–H groups in total. The van der Waals surface area contributed by atoms with Crippen molar-refractivity contribution in [3.63, 3.8) is 0 Å². The minimum atomic E-state index is -3.71. The lowest BCUT2D eigenvalue weighted by atomic mass is 10.0. The molecule has 93 heavy (non-hydrogen) atoms. The molecule has 6 aromatic carbocycles. The van der Waals surface area contributed by atoms with Crippen LogP contribution in [-0.4, -0.2) is 103 Å². The van der Waals surface area contributed by atoms with Crippen LogP contribution in [0.4, 0.5) is 11.4 Å². The number of fused-ring (bicyclic) bond motifs is 5. The quantitative estimate of drug-likeness (QED) is 0.0698. The van der Waals surface area contributed by atoms with E-state index in [-0.39, 0.29) is 52.0 Å². The number of benzodiazepines with no additional fused rings is 1. The number of amides is 1. The first-order valence-corrected chi connectivity index (χ1v) is 34.5. The van der Waals surface area contributed by atoms with Crippen molar-refractivity contribution in [1.29, 1.82) is 5.26 Å². The van der Waals surface area contributed by atoms with Gasteiger partial charge in [0.15, 0.2) is 5.69 Å². The Morgan fingerprint density at radius 1 is 0.559 bits per heavy atom. The summed E-state index contributed by atoms with van der Waals surface area (Å²) in [5.41, 5.74) is 12.1. The molecule has 0 bridgehead atoms. The number of hydrogen-bond donors (Lipinski definition) is 1. The van der Waals surface area contributed by atoms with Crippen LogP contribution in [0, 0.1) is 11.3 Å². The largest absolute Gasteiger partial charge is 0.531 e. The second-order valence-corrected chi connectivity index (χ2v) is 21.8. The van der Waals surface area contributed by atoms with Gasteiger partial charge in [0.25, 0.3) is 0 Å². The number of halogens is 1. The Morgan fingerprint density at radius 3 is 1.52 bits per heavy atom. The summed E-state index contributed by atoms with van der Waals surface area (Å²) in [5, 5.41) is 10.8. The molecule has 1 aromatic heterocycles. The molecule has 0 fully saturated rings. The first-order valence-electron chi connectivity index (χ1n) is 30.6. The number of imidazole rings is 1. The second kappa shape index (κ2) is 44.9. The standard InChI is InChI=1S/C20H17N3O2.C19H21N2O4P.C15H12N2O.C5H7NO2.C4H10ClO3P.3C2H6.CH4/c1-2-25-20(24)19-17-12-21-18(14-8-4-3-5-9-14)15-10-6-7-11-16(15)23(17)13-22-19;1-3-23-26(22,24-4-2)25-18-14-20-19(15-10-6-5-7-11-15)16-12-8-9-13-17(16)21-18;18-14-10-16-15(11-6-2-1-3-7-11)12-8-4-5-9-13(12)17-14;1-2-8-5(7)3-4-6;1-3-7-9(5,6)8-4-2;3*1-2;/h3-11,13H,2,12H2,1H3;5-13H,3-4,14H2,1-2H3;1-9H,10H2,(H,17,18);2-3H2,1H3;3-4H2,1-2H3;3*1-2H3;1H4. The molecule has 3 aliphatic heterocycles. The van der Waals surface area contributed by atoms with Crippen LogP contribution >= 0.6 is 26.0 Å². The lowest BCUT2D eigenvalue weighted by Gasteiger charge is -2.17. The SMILES string of the molecule is C.CC.CC.CC.CCOC(=O)CC#N.CCOC(=O)c1ncn2c1CN=C(c1ccccc1)c1ccccc1-2.CCOP(=O)(Cl)OCC.CCOP(=O)(OCC)OC1=Nc2ccccc2C(c2ccccc2)=NC1.O=C1CN=C(c2ccccc2)c2ccccc2N1. The number of phosphoric acid groups is 1. The normalized spacial score (nSPS) is 12.1. The molecule has 3 aliphatic rings. The number of rotatable bonds is 16. The molecule has 1 amide bonds. The summed E-state index contributed by atoms with van der Waals surface area (Å²) in [4.78, 5) is 56.7. The Balaban J connectivity index is 0.000000409. The van der Waals surface area contributed by atoms with Gasteiger partial charge in [-0.05, 0) is 59.7 Å². The fourth-order valence-electron chi connectivity index (χ4n) is 8.36. The minimum absolute atomic E-state index is 0. The van der Waals surface area contributed by atoms with E-state index in [1.165, 1.54) is 0 Å². The van der Waals surface area contributed by atoms with Gasteiger partial charge in [0.2, 0.25) is 11.8 Å². The number of ether oxygens (including phenoxy) is 2. The second-order valence-electron chi connectivity index (χ2n) is 17.6. The predicted octanol–water partition coefficient (Wildman–Crippen LogP) is 17.2. The van der Waals surface area contributed by atoms with Gasteiger partial charge < -0.3 is 19.3 Å². The van der Waals surface area contributed by atoms with E-state index < -0.39 is 26.7 Å². The van der Waals surface area contributed by atoms with Gasteiger partial charge in [-0.15, -0.1) is 0 Å². The van der Waals surface area contributed by atoms with E-state index in [2.05, 4.69) is 39.1 Å². The third-order valence-corrected chi connectivity index (χ3v) is 15.1. The molecule has 0 aliphatic carbocycles. The van der Waals surface area contributed by atoms with Gasteiger partial charge in [-0.2, -0.15) is 5.26 Å². The highest BCUT2D eigenvalue weighted by Gasteiger charge is 2.31. The maximum Gasteiger partial charge on any atom is 0.531 e. The smallest absolute Gasteiger partial charge is 0.465 e. The number of nitriles is 1. The third-order valence-electron chi connectivity index (χ3n) is 11.8. The fraction of sp³-hybridized carbons (Fsp3) is 0.329. The van der Waals surface area contributed by atoms with Gasteiger partial charge in [-0.3, -0.25) is 47.2 Å². The highest BCUT2D eigenvalue weighted by molar-refractivity contribution is 7.81. The summed E-state index contributed by atoms with van der Waals surface area (Å²) in [5.74, 6) is -0.732. The van der Waals surface area contributed by atoms with Crippen LogP contribution < -0.4 is 5.32 Å². The predicted molar refractivity (Wildman–Crippen MR) is 374 cm³/mol. The van der Waals surface area contributed by atoms with Crippen LogP contribution in [0.25, 0.3) is 5.69 Å². The highest BCUT2D eigenvalue weighted by Crippen LogP contribution is 2.53. The van der Waals surface area contributed by atoms with E-state index in [0.717, 1.165) is 67.6 Å². The Bertz CT molecular complexity index is 3630. The van der Waals surface area contributed by atoms with Crippen molar-refractivity contribution < 1.29 is 55.6 Å². The van der Waals surface area contributed by atoms with Crippen LogP contribution in [0.1, 0.15) is 146 Å². The van der Waals surface area contributed by atoms with Crippen molar-refractivity contribution in [3.05, 3.63) is 215 Å². The summed E-state index contributed by atoms with van der Waals surface area (Å²) in [6.07, 6.45) is 1.53. The van der Waals surface area contributed by atoms with Crippen LogP contribution in [0.15, 0.2) is 190 Å². The number of anilines is 1. The summed E-state index contributed by atoms with van der Waals surface area (Å²) >= 11 is 5.25. The lowest BCUT2D eigenvalue weighted by molar-refractivity contribution is -0.141.